The summed E-state index contributed by atoms with van der Waals surface area (Å²) in [7, 11) is 0. The lowest BCUT2D eigenvalue weighted by Crippen LogP contribution is -2.35. The quantitative estimate of drug-likeness (QED) is 0.886. The van der Waals surface area contributed by atoms with E-state index >= 15 is 0 Å². The highest BCUT2D eigenvalue weighted by molar-refractivity contribution is 5.79. The van der Waals surface area contributed by atoms with Crippen LogP contribution < -0.4 is 5.32 Å². The highest BCUT2D eigenvalue weighted by Crippen LogP contribution is 2.40. The Bertz CT molecular complexity index is 510. The van der Waals surface area contributed by atoms with Gasteiger partial charge in [0, 0.05) is 24.9 Å². The summed E-state index contributed by atoms with van der Waals surface area (Å²) in [5.74, 6) is 1.14. The Morgan fingerprint density at radius 2 is 1.95 bits per heavy atom. The first-order chi connectivity index (χ1) is 10.3. The standard InChI is InChI=1S/C19H25NO/c1-2-15(12-14-6-4-3-5-7-14)18-13-19(18)20-16-8-10-17(21)11-9-16/h3-7,12,16,18-20H,2,8-11,13H2,1H3/b15-12+/t18-,19+/m0/s1. The van der Waals surface area contributed by atoms with E-state index in [0.29, 0.717) is 23.8 Å². The van der Waals surface area contributed by atoms with Gasteiger partial charge in [-0.2, -0.15) is 0 Å². The summed E-state index contributed by atoms with van der Waals surface area (Å²) in [5, 5.41) is 3.77. The van der Waals surface area contributed by atoms with Crippen LogP contribution in [0, 0.1) is 5.92 Å². The molecule has 1 N–H and O–H groups in total. The first-order valence-electron chi connectivity index (χ1n) is 8.29. The lowest BCUT2D eigenvalue weighted by Gasteiger charge is -2.22. The van der Waals surface area contributed by atoms with Gasteiger partial charge in [-0.3, -0.25) is 4.79 Å². The van der Waals surface area contributed by atoms with Gasteiger partial charge >= 0.3 is 0 Å². The zero-order valence-electron chi connectivity index (χ0n) is 12.8. The second kappa shape index (κ2) is 6.57. The number of hydrogen-bond donors (Lipinski definition) is 1. The average molecular weight is 283 g/mol. The van der Waals surface area contributed by atoms with E-state index in [9.17, 15) is 4.79 Å². The summed E-state index contributed by atoms with van der Waals surface area (Å²) in [5.41, 5.74) is 2.87. The Kier molecular flexibility index (Phi) is 4.54. The Balaban J connectivity index is 1.56. The van der Waals surface area contributed by atoms with Crippen molar-refractivity contribution in [1.82, 2.24) is 5.32 Å². The number of carbonyl (C=O) groups excluding carboxylic acids is 1. The topological polar surface area (TPSA) is 29.1 Å². The molecule has 1 aromatic rings. The SMILES string of the molecule is CC/C(=C\c1ccccc1)[C@@H]1C[C@H]1NC1CCC(=O)CC1. The summed E-state index contributed by atoms with van der Waals surface area (Å²) in [4.78, 5) is 11.3. The molecule has 0 heterocycles. The van der Waals surface area contributed by atoms with Crippen LogP contribution >= 0.6 is 0 Å². The first-order valence-corrected chi connectivity index (χ1v) is 8.29. The van der Waals surface area contributed by atoms with Crippen molar-refractivity contribution in [2.45, 2.75) is 57.5 Å². The summed E-state index contributed by atoms with van der Waals surface area (Å²) < 4.78 is 0. The van der Waals surface area contributed by atoms with E-state index in [0.717, 1.165) is 32.1 Å². The lowest BCUT2D eigenvalue weighted by molar-refractivity contribution is -0.120. The maximum absolute atomic E-state index is 11.3. The van der Waals surface area contributed by atoms with Crippen molar-refractivity contribution in [3.63, 3.8) is 0 Å². The predicted octanol–water partition coefficient (Wildman–Crippen LogP) is 3.97. The molecule has 2 saturated carbocycles. The Labute approximate surface area is 127 Å². The third kappa shape index (κ3) is 3.82. The van der Waals surface area contributed by atoms with Gasteiger partial charge in [0.15, 0.2) is 0 Å². The summed E-state index contributed by atoms with van der Waals surface area (Å²) in [6.45, 7) is 2.25. The fourth-order valence-electron chi connectivity index (χ4n) is 3.43. The molecule has 112 valence electrons. The molecule has 21 heavy (non-hydrogen) atoms. The number of benzene rings is 1. The van der Waals surface area contributed by atoms with Crippen LogP contribution in [0.1, 0.15) is 51.0 Å². The fraction of sp³-hybridized carbons (Fsp3) is 0.526. The highest BCUT2D eigenvalue weighted by Gasteiger charge is 2.40. The van der Waals surface area contributed by atoms with Crippen LogP contribution in [0.2, 0.25) is 0 Å². The normalized spacial score (nSPS) is 26.9. The van der Waals surface area contributed by atoms with Crippen LogP contribution in [0.15, 0.2) is 35.9 Å². The summed E-state index contributed by atoms with van der Waals surface area (Å²) in [6.07, 6.45) is 8.36. The molecule has 1 aromatic carbocycles. The van der Waals surface area contributed by atoms with Crippen molar-refractivity contribution in [3.05, 3.63) is 41.5 Å². The molecule has 0 bridgehead atoms. The molecule has 2 atom stereocenters. The second-order valence-corrected chi connectivity index (χ2v) is 6.41. The molecule has 0 saturated heterocycles. The van der Waals surface area contributed by atoms with Crippen molar-refractivity contribution in [3.8, 4) is 0 Å². The Hall–Kier alpha value is -1.41. The van der Waals surface area contributed by atoms with Gasteiger partial charge in [0.2, 0.25) is 0 Å². The van der Waals surface area contributed by atoms with Gasteiger partial charge in [-0.1, -0.05) is 48.9 Å². The summed E-state index contributed by atoms with van der Waals surface area (Å²) in [6, 6.07) is 11.8. The molecule has 0 amide bonds. The van der Waals surface area contributed by atoms with E-state index in [-0.39, 0.29) is 0 Å². The van der Waals surface area contributed by atoms with E-state index in [2.05, 4.69) is 48.6 Å². The molecule has 2 aliphatic carbocycles. The minimum absolute atomic E-state index is 0.443. The molecule has 0 aromatic heterocycles. The minimum atomic E-state index is 0.443. The third-order valence-electron chi connectivity index (χ3n) is 4.82. The van der Waals surface area contributed by atoms with Crippen LogP contribution in [0.4, 0.5) is 0 Å². The van der Waals surface area contributed by atoms with Crippen LogP contribution in [-0.2, 0) is 4.79 Å². The van der Waals surface area contributed by atoms with Gasteiger partial charge in [-0.05, 0) is 37.2 Å². The van der Waals surface area contributed by atoms with Crippen LogP contribution in [-0.4, -0.2) is 17.9 Å². The van der Waals surface area contributed by atoms with Gasteiger partial charge in [-0.15, -0.1) is 0 Å². The average Bonchev–Trinajstić information content (AvgIpc) is 3.27. The van der Waals surface area contributed by atoms with Gasteiger partial charge in [0.05, 0.1) is 0 Å². The molecule has 3 rings (SSSR count). The van der Waals surface area contributed by atoms with Crippen molar-refractivity contribution in [1.29, 1.82) is 0 Å². The maximum atomic E-state index is 11.3. The van der Waals surface area contributed by atoms with Crippen molar-refractivity contribution in [2.75, 3.05) is 0 Å². The largest absolute Gasteiger partial charge is 0.311 e. The van der Waals surface area contributed by atoms with Gasteiger partial charge in [0.1, 0.15) is 5.78 Å². The van der Waals surface area contributed by atoms with E-state index in [1.807, 2.05) is 0 Å². The smallest absolute Gasteiger partial charge is 0.133 e. The molecular formula is C19H25NO. The Morgan fingerprint density at radius 1 is 1.24 bits per heavy atom. The van der Waals surface area contributed by atoms with Gasteiger partial charge in [0.25, 0.3) is 0 Å². The number of ketones is 1. The lowest BCUT2D eigenvalue weighted by atomic mass is 9.94. The zero-order chi connectivity index (χ0) is 14.7. The molecular weight excluding hydrogens is 258 g/mol. The van der Waals surface area contributed by atoms with Crippen molar-refractivity contribution < 1.29 is 4.79 Å². The fourth-order valence-corrected chi connectivity index (χ4v) is 3.43. The van der Waals surface area contributed by atoms with E-state index in [1.54, 1.807) is 5.57 Å². The summed E-state index contributed by atoms with van der Waals surface area (Å²) >= 11 is 0. The molecule has 2 fully saturated rings. The molecule has 0 radical (unpaired) electrons. The van der Waals surface area contributed by atoms with Crippen LogP contribution in [0.25, 0.3) is 6.08 Å². The van der Waals surface area contributed by atoms with Gasteiger partial charge in [-0.25, -0.2) is 0 Å². The Morgan fingerprint density at radius 3 is 2.62 bits per heavy atom. The molecule has 0 unspecified atom stereocenters. The zero-order valence-corrected chi connectivity index (χ0v) is 12.8. The molecule has 2 aliphatic rings. The van der Waals surface area contributed by atoms with Crippen LogP contribution in [0.5, 0.6) is 0 Å². The minimum Gasteiger partial charge on any atom is -0.311 e. The highest BCUT2D eigenvalue weighted by atomic mass is 16.1. The van der Waals surface area contributed by atoms with Crippen LogP contribution in [0.3, 0.4) is 0 Å². The number of nitrogens with one attached hydrogen (secondary N) is 1. The number of hydrogen-bond acceptors (Lipinski definition) is 2. The third-order valence-corrected chi connectivity index (χ3v) is 4.82. The van der Waals surface area contributed by atoms with E-state index in [1.165, 1.54) is 12.0 Å². The number of carbonyl (C=O) groups is 1. The first kappa shape index (κ1) is 14.5. The molecule has 2 nitrogen and oxygen atoms in total. The van der Waals surface area contributed by atoms with Gasteiger partial charge < -0.3 is 5.32 Å². The second-order valence-electron chi connectivity index (χ2n) is 6.41. The maximum Gasteiger partial charge on any atom is 0.133 e. The predicted molar refractivity (Wildman–Crippen MR) is 87.0 cm³/mol. The molecule has 2 heteroatoms. The van der Waals surface area contributed by atoms with E-state index in [4.69, 9.17) is 0 Å². The molecule has 0 spiro atoms. The van der Waals surface area contributed by atoms with Crippen molar-refractivity contribution >= 4 is 11.9 Å². The molecule has 0 aliphatic heterocycles. The van der Waals surface area contributed by atoms with E-state index < -0.39 is 0 Å². The number of rotatable bonds is 5. The van der Waals surface area contributed by atoms with Crippen molar-refractivity contribution in [2.24, 2.45) is 5.92 Å². The monoisotopic (exact) mass is 283 g/mol. The number of Topliss-reactive ketones (excluding diaryl/α,β-unsaturated/α-hetero) is 1.